The maximum Gasteiger partial charge on any atom is 0.317 e. The van der Waals surface area contributed by atoms with E-state index >= 15 is 0 Å². The van der Waals surface area contributed by atoms with Crippen LogP contribution in [-0.4, -0.2) is 26.4 Å². The number of anilines is 1. The minimum Gasteiger partial charge on any atom is -0.426 e. The molecular weight excluding hydrogens is 463 g/mol. The first-order valence-corrected chi connectivity index (χ1v) is 12.2. The normalized spacial score (nSPS) is 11.2. The smallest absolute Gasteiger partial charge is 0.317 e. The number of halogens is 1. The van der Waals surface area contributed by atoms with E-state index in [2.05, 4.69) is 4.98 Å². The summed E-state index contributed by atoms with van der Waals surface area (Å²) in [5.41, 5.74) is 1.59. The van der Waals surface area contributed by atoms with Crippen molar-refractivity contribution < 1.29 is 22.3 Å². The molecule has 0 aliphatic rings. The van der Waals surface area contributed by atoms with E-state index in [1.54, 1.807) is 47.8 Å². The Morgan fingerprint density at radius 2 is 1.76 bits per heavy atom. The molecule has 0 amide bonds. The molecule has 0 fully saturated rings. The van der Waals surface area contributed by atoms with Gasteiger partial charge in [-0.3, -0.25) is 9.10 Å². The third kappa shape index (κ3) is 5.27. The number of hydrogen-bond donors (Lipinski definition) is 0. The van der Waals surface area contributed by atoms with Gasteiger partial charge in [-0.25, -0.2) is 17.8 Å². The van der Waals surface area contributed by atoms with Crippen LogP contribution in [0.5, 0.6) is 5.75 Å². The third-order valence-corrected chi connectivity index (χ3v) is 7.52. The Bertz CT molecular complexity index is 1370. The van der Waals surface area contributed by atoms with Crippen LogP contribution < -0.4 is 9.04 Å². The number of sulfonamides is 1. The first-order valence-electron chi connectivity index (χ1n) is 9.88. The minimum atomic E-state index is -3.70. The number of carbonyl (C=O) groups excluding carboxylic acids is 1. The molecule has 33 heavy (non-hydrogen) atoms. The standard InChI is InChI=1S/C24H19FN2O4S2/c1-27(33(29,30)22-8-3-2-4-9-22)20-10-12-21(13-11-20)31-23(28)15-19-16-32-24(26-19)17-6-5-7-18(25)14-17/h2-14,16H,15H2,1H3. The molecule has 0 aliphatic carbocycles. The summed E-state index contributed by atoms with van der Waals surface area (Å²) in [4.78, 5) is 16.9. The fraction of sp³-hybridized carbons (Fsp3) is 0.0833. The van der Waals surface area contributed by atoms with Gasteiger partial charge in [-0.15, -0.1) is 11.3 Å². The Balaban J connectivity index is 1.40. The summed E-state index contributed by atoms with van der Waals surface area (Å²) in [6.45, 7) is 0. The van der Waals surface area contributed by atoms with E-state index in [-0.39, 0.29) is 22.9 Å². The highest BCUT2D eigenvalue weighted by Gasteiger charge is 2.21. The van der Waals surface area contributed by atoms with E-state index in [1.165, 1.54) is 54.8 Å². The molecule has 0 saturated heterocycles. The van der Waals surface area contributed by atoms with E-state index in [1.807, 2.05) is 0 Å². The summed E-state index contributed by atoms with van der Waals surface area (Å²) < 4.78 is 45.4. The topological polar surface area (TPSA) is 76.6 Å². The average molecular weight is 483 g/mol. The number of benzene rings is 3. The molecule has 6 nitrogen and oxygen atoms in total. The number of ether oxygens (including phenoxy) is 1. The van der Waals surface area contributed by atoms with Crippen molar-refractivity contribution in [3.8, 4) is 16.3 Å². The highest BCUT2D eigenvalue weighted by Crippen LogP contribution is 2.26. The van der Waals surface area contributed by atoms with Crippen LogP contribution >= 0.6 is 11.3 Å². The van der Waals surface area contributed by atoms with Gasteiger partial charge in [0.05, 0.1) is 22.7 Å². The van der Waals surface area contributed by atoms with Gasteiger partial charge in [-0.1, -0.05) is 30.3 Å². The maximum atomic E-state index is 13.4. The Labute approximate surface area is 195 Å². The van der Waals surface area contributed by atoms with Gasteiger partial charge >= 0.3 is 5.97 Å². The van der Waals surface area contributed by atoms with Crippen molar-refractivity contribution in [3.63, 3.8) is 0 Å². The summed E-state index contributed by atoms with van der Waals surface area (Å²) in [7, 11) is -2.24. The molecule has 4 rings (SSSR count). The maximum absolute atomic E-state index is 13.4. The van der Waals surface area contributed by atoms with Gasteiger partial charge in [0, 0.05) is 18.0 Å². The van der Waals surface area contributed by atoms with E-state index in [0.717, 1.165) is 4.31 Å². The zero-order valence-electron chi connectivity index (χ0n) is 17.5. The van der Waals surface area contributed by atoms with Crippen LogP contribution in [0.25, 0.3) is 10.6 Å². The van der Waals surface area contributed by atoms with Gasteiger partial charge in [-0.05, 0) is 48.5 Å². The zero-order valence-corrected chi connectivity index (χ0v) is 19.1. The van der Waals surface area contributed by atoms with Crippen LogP contribution in [-0.2, 0) is 21.2 Å². The number of esters is 1. The van der Waals surface area contributed by atoms with Crippen molar-refractivity contribution in [2.45, 2.75) is 11.3 Å². The number of thiazole rings is 1. The molecular formula is C24H19FN2O4S2. The molecule has 1 aromatic heterocycles. The minimum absolute atomic E-state index is 0.0458. The van der Waals surface area contributed by atoms with Crippen molar-refractivity contribution in [2.24, 2.45) is 0 Å². The Morgan fingerprint density at radius 1 is 1.03 bits per heavy atom. The molecule has 9 heteroatoms. The lowest BCUT2D eigenvalue weighted by Gasteiger charge is -2.19. The van der Waals surface area contributed by atoms with Gasteiger partial charge in [0.25, 0.3) is 10.0 Å². The number of hydrogen-bond acceptors (Lipinski definition) is 6. The van der Waals surface area contributed by atoms with Gasteiger partial charge in [0.2, 0.25) is 0 Å². The first kappa shape index (κ1) is 22.6. The molecule has 168 valence electrons. The molecule has 0 atom stereocenters. The van der Waals surface area contributed by atoms with Gasteiger partial charge in [-0.2, -0.15) is 0 Å². The van der Waals surface area contributed by atoms with Crippen LogP contribution in [0, 0.1) is 5.82 Å². The summed E-state index contributed by atoms with van der Waals surface area (Å²) in [6.07, 6.45) is -0.0458. The molecule has 0 spiro atoms. The predicted molar refractivity (Wildman–Crippen MR) is 125 cm³/mol. The van der Waals surface area contributed by atoms with E-state index in [0.29, 0.717) is 22.0 Å². The van der Waals surface area contributed by atoms with Gasteiger partial charge in [0.15, 0.2) is 0 Å². The SMILES string of the molecule is CN(c1ccc(OC(=O)Cc2csc(-c3cccc(F)c3)n2)cc1)S(=O)(=O)c1ccccc1. The fourth-order valence-electron chi connectivity index (χ4n) is 3.07. The zero-order chi connectivity index (χ0) is 23.4. The first-order chi connectivity index (χ1) is 15.8. The molecule has 0 N–H and O–H groups in total. The molecule has 0 unspecified atom stereocenters. The van der Waals surface area contributed by atoms with Crippen LogP contribution in [0.2, 0.25) is 0 Å². The van der Waals surface area contributed by atoms with Gasteiger partial charge in [0.1, 0.15) is 16.6 Å². The lowest BCUT2D eigenvalue weighted by molar-refractivity contribution is -0.133. The molecule has 0 radical (unpaired) electrons. The van der Waals surface area contributed by atoms with Crippen LogP contribution in [0.4, 0.5) is 10.1 Å². The van der Waals surface area contributed by atoms with E-state index in [9.17, 15) is 17.6 Å². The monoisotopic (exact) mass is 482 g/mol. The Morgan fingerprint density at radius 3 is 2.45 bits per heavy atom. The molecule has 4 aromatic rings. The highest BCUT2D eigenvalue weighted by molar-refractivity contribution is 7.92. The van der Waals surface area contributed by atoms with Crippen LogP contribution in [0.1, 0.15) is 5.69 Å². The number of aromatic nitrogens is 1. The number of nitrogens with zero attached hydrogens (tertiary/aromatic N) is 2. The summed E-state index contributed by atoms with van der Waals surface area (Å²) in [5, 5.41) is 2.35. The average Bonchev–Trinajstić information content (AvgIpc) is 3.28. The second-order valence-corrected chi connectivity index (χ2v) is 9.91. The third-order valence-electron chi connectivity index (χ3n) is 4.78. The quantitative estimate of drug-likeness (QED) is 0.276. The van der Waals surface area contributed by atoms with Gasteiger partial charge < -0.3 is 4.74 Å². The van der Waals surface area contributed by atoms with Crippen molar-refractivity contribution in [2.75, 3.05) is 11.4 Å². The fourth-order valence-corrected chi connectivity index (χ4v) is 5.10. The Hall–Kier alpha value is -3.56. The largest absolute Gasteiger partial charge is 0.426 e. The van der Waals surface area contributed by atoms with Crippen molar-refractivity contribution >= 4 is 33.0 Å². The summed E-state index contributed by atoms with van der Waals surface area (Å²) in [5.74, 6) is -0.576. The highest BCUT2D eigenvalue weighted by atomic mass is 32.2. The van der Waals surface area contributed by atoms with Crippen molar-refractivity contribution in [1.29, 1.82) is 0 Å². The Kier molecular flexibility index (Phi) is 6.52. The van der Waals surface area contributed by atoms with Crippen molar-refractivity contribution in [3.05, 3.63) is 95.8 Å². The molecule has 0 bridgehead atoms. The van der Waals surface area contributed by atoms with Crippen LogP contribution in [0.3, 0.4) is 0 Å². The molecule has 0 saturated carbocycles. The lowest BCUT2D eigenvalue weighted by atomic mass is 10.2. The molecule has 3 aromatic carbocycles. The molecule has 1 heterocycles. The summed E-state index contributed by atoms with van der Waals surface area (Å²) in [6, 6.07) is 20.4. The van der Waals surface area contributed by atoms with Crippen molar-refractivity contribution in [1.82, 2.24) is 4.98 Å². The lowest BCUT2D eigenvalue weighted by Crippen LogP contribution is -2.26. The second-order valence-electron chi connectivity index (χ2n) is 7.08. The molecule has 0 aliphatic heterocycles. The second kappa shape index (κ2) is 9.51. The predicted octanol–water partition coefficient (Wildman–Crippen LogP) is 4.92. The number of rotatable bonds is 7. The van der Waals surface area contributed by atoms with E-state index < -0.39 is 16.0 Å². The summed E-state index contributed by atoms with van der Waals surface area (Å²) >= 11 is 1.32. The van der Waals surface area contributed by atoms with E-state index in [4.69, 9.17) is 4.74 Å². The van der Waals surface area contributed by atoms with Crippen LogP contribution in [0.15, 0.2) is 89.1 Å². The number of carbonyl (C=O) groups is 1.